The first kappa shape index (κ1) is 71.2. The molecule has 0 aliphatic heterocycles. The van der Waals surface area contributed by atoms with Gasteiger partial charge in [-0.25, -0.2) is 4.79 Å². The first-order valence-corrected chi connectivity index (χ1v) is 29.6. The number of hydrogen-bond acceptors (Lipinski definition) is 18. The van der Waals surface area contributed by atoms with Crippen LogP contribution in [-0.2, 0) is 72.0 Å². The van der Waals surface area contributed by atoms with Gasteiger partial charge < -0.3 is 90.0 Å². The van der Waals surface area contributed by atoms with Gasteiger partial charge in [-0.1, -0.05) is 60.7 Å². The molecule has 1 heterocycles. The van der Waals surface area contributed by atoms with Gasteiger partial charge in [-0.2, -0.15) is 24.4 Å². The van der Waals surface area contributed by atoms with Crippen LogP contribution in [0.15, 0.2) is 85.1 Å². The molecule has 10 atom stereocenters. The van der Waals surface area contributed by atoms with E-state index in [2.05, 4.69) is 60.1 Å². The Bertz CT molecular complexity index is 2990. The number of carbonyl (C=O) groups excluding carboxylic acids is 10. The van der Waals surface area contributed by atoms with E-state index >= 15 is 0 Å². The summed E-state index contributed by atoms with van der Waals surface area (Å²) < 4.78 is 0. The molecule has 30 heteroatoms. The summed E-state index contributed by atoms with van der Waals surface area (Å²) in [7, 11) is 1.23. The number of carboxylic acids is 1. The number of phenols is 1. The number of nitrogens with two attached hydrogens (primary N) is 3. The number of likely N-dealkylation sites (N-methyl/N-ethyl adjacent to an activating group) is 1. The summed E-state index contributed by atoms with van der Waals surface area (Å²) in [5.74, 6) is -10.4. The number of unbranched alkanes of at least 4 members (excludes halogenated alkanes) is 1. The molecule has 0 fully saturated rings. The predicted octanol–water partition coefficient (Wildman–Crippen LogP) is -3.29. The lowest BCUT2D eigenvalue weighted by Gasteiger charge is -2.33. The highest BCUT2D eigenvalue weighted by Crippen LogP contribution is 2.21. The zero-order valence-electron chi connectivity index (χ0n) is 48.4. The van der Waals surface area contributed by atoms with Crippen molar-refractivity contribution < 1.29 is 73.2 Å². The van der Waals surface area contributed by atoms with Crippen molar-refractivity contribution in [1.82, 2.24) is 52.4 Å². The highest BCUT2D eigenvalue weighted by atomic mass is 32.2. The molecule has 474 valence electrons. The summed E-state index contributed by atoms with van der Waals surface area (Å²) in [5.41, 5.74) is 19.9. The zero-order chi connectivity index (χ0) is 64.3. The summed E-state index contributed by atoms with van der Waals surface area (Å²) in [4.78, 5) is 150. The van der Waals surface area contributed by atoms with Crippen molar-refractivity contribution in [3.63, 3.8) is 0 Å². The summed E-state index contributed by atoms with van der Waals surface area (Å²) in [6.07, 6.45) is -1.09. The Morgan fingerprint density at radius 2 is 1.24 bits per heavy atom. The number of primary amides is 1. The Labute approximate surface area is 511 Å². The second-order valence-electron chi connectivity index (χ2n) is 20.6. The molecule has 0 radical (unpaired) electrons. The molecule has 3 aromatic carbocycles. The average Bonchev–Trinajstić information content (AvgIpc) is 2.99. The molecule has 28 nitrogen and oxygen atoms in total. The van der Waals surface area contributed by atoms with Crippen molar-refractivity contribution in [3.8, 4) is 5.75 Å². The number of aromatic hydroxyl groups is 1. The molecule has 0 saturated heterocycles. The minimum atomic E-state index is -1.74. The predicted molar refractivity (Wildman–Crippen MR) is 325 cm³/mol. The number of carbonyl (C=O) groups is 11. The maximum absolute atomic E-state index is 14.6. The third-order valence-corrected chi connectivity index (χ3v) is 15.0. The minimum Gasteiger partial charge on any atom is -0.508 e. The fourth-order valence-corrected chi connectivity index (χ4v) is 9.85. The van der Waals surface area contributed by atoms with Gasteiger partial charge in [-0.15, -0.1) is 0 Å². The first-order valence-electron chi connectivity index (χ1n) is 27.8. The molecule has 87 heavy (non-hydrogen) atoms. The number of thiol groups is 1. The third kappa shape index (κ3) is 23.5. The van der Waals surface area contributed by atoms with E-state index in [1.165, 1.54) is 33.0 Å². The molecular formula is C57H79N13O15S2. The van der Waals surface area contributed by atoms with Crippen LogP contribution in [-0.4, -0.2) is 200 Å². The fourth-order valence-electron chi connectivity index (χ4n) is 8.76. The highest BCUT2D eigenvalue weighted by molar-refractivity contribution is 7.99. The number of aliphatic carboxylic acids is 1. The Morgan fingerprint density at radius 1 is 0.632 bits per heavy atom. The van der Waals surface area contributed by atoms with Gasteiger partial charge in [0.05, 0.1) is 37.1 Å². The molecule has 10 amide bonds. The number of aliphatic hydroxyl groups excluding tert-OH is 2. The van der Waals surface area contributed by atoms with Crippen molar-refractivity contribution in [2.45, 2.75) is 119 Å². The van der Waals surface area contributed by atoms with Gasteiger partial charge in [0.25, 0.3) is 0 Å². The van der Waals surface area contributed by atoms with Crippen LogP contribution < -0.4 is 59.7 Å². The second-order valence-corrected chi connectivity index (χ2v) is 22.0. The van der Waals surface area contributed by atoms with Gasteiger partial charge in [0.15, 0.2) is 0 Å². The maximum Gasteiger partial charge on any atom is 0.326 e. The monoisotopic (exact) mass is 1250 g/mol. The van der Waals surface area contributed by atoms with Crippen molar-refractivity contribution >= 4 is 100 Å². The number of H-pyrrole nitrogens is 1. The van der Waals surface area contributed by atoms with E-state index in [9.17, 15) is 73.2 Å². The molecular weight excluding hydrogens is 1170 g/mol. The lowest BCUT2D eigenvalue weighted by molar-refractivity contribution is -0.146. The van der Waals surface area contributed by atoms with Crippen molar-refractivity contribution in [1.29, 1.82) is 0 Å². The van der Waals surface area contributed by atoms with Crippen LogP contribution in [0.4, 0.5) is 0 Å². The highest BCUT2D eigenvalue weighted by Gasteiger charge is 2.38. The molecule has 0 unspecified atom stereocenters. The van der Waals surface area contributed by atoms with Crippen LogP contribution in [0.3, 0.4) is 0 Å². The zero-order valence-corrected chi connectivity index (χ0v) is 50.1. The summed E-state index contributed by atoms with van der Waals surface area (Å²) in [5, 5.41) is 61.7. The molecule has 0 saturated carbocycles. The quantitative estimate of drug-likeness (QED) is 0.0155. The molecule has 0 aliphatic carbocycles. The second kappa shape index (κ2) is 36.0. The van der Waals surface area contributed by atoms with Gasteiger partial charge in [0, 0.05) is 42.7 Å². The van der Waals surface area contributed by atoms with Crippen molar-refractivity contribution in [3.05, 3.63) is 102 Å². The van der Waals surface area contributed by atoms with Crippen LogP contribution in [0.25, 0.3) is 10.9 Å². The molecule has 4 rings (SSSR count). The third-order valence-electron chi connectivity index (χ3n) is 13.7. The summed E-state index contributed by atoms with van der Waals surface area (Å²) in [6, 6.07) is 10.6. The Kier molecular flexibility index (Phi) is 29.5. The standard InChI is InChI=1S/C57H79N13O15S2/c1-31(71)48(55(82)63-27-45(74)62-28-46(75)64-43(29-86)50(60)77)68-47(76)30-87-22-20-41(57(84)85)66-54(81)44(24-33-11-5-4-6-12-33)70(3)56(83)49(32(2)72)69-52(79)40(15-9-10-21-58)65-53(80)42(25-35-26-61-39-14-8-7-13-37(35)39)67-51(78)38(59)23-34-16-18-36(73)19-17-34/h4-8,11-14,16-19,26,31-32,38,40-44,48-49,61,71-73,86H,9-10,15,20-25,27-30,58-59H2,1-3H3,(H2,60,77)(H,62,74)(H,63,82)(H,64,75)(H,65,80)(H,66,81)(H,67,78)(H,68,76)(H,69,79)(H,84,85)/t31-,32-,38+,40+,41+,42-,43+,44+,48+,49+/m1/s1. The number of nitrogens with zero attached hydrogens (tertiary/aromatic N) is 1. The number of benzene rings is 3. The Hall–Kier alpha value is -8.29. The molecule has 0 spiro atoms. The lowest BCUT2D eigenvalue weighted by Crippen LogP contribution is -2.62. The molecule has 1 aromatic heterocycles. The number of carboxylic acid groups (broad SMARTS) is 1. The largest absolute Gasteiger partial charge is 0.508 e. The number of nitrogens with one attached hydrogen (secondary N) is 9. The number of phenolic OH excluding ortho intramolecular Hbond substituents is 1. The number of amides is 10. The van der Waals surface area contributed by atoms with Gasteiger partial charge in [-0.3, -0.25) is 47.9 Å². The number of para-hydroxylation sites is 1. The number of aromatic amines is 1. The normalized spacial score (nSPS) is 14.6. The number of rotatable bonds is 37. The number of thioether (sulfide) groups is 1. The van der Waals surface area contributed by atoms with Crippen LogP contribution >= 0.6 is 24.4 Å². The van der Waals surface area contributed by atoms with Crippen LogP contribution in [0.2, 0.25) is 0 Å². The van der Waals surface area contributed by atoms with E-state index in [1.54, 1.807) is 54.7 Å². The number of fused-ring (bicyclic) bond motifs is 1. The Morgan fingerprint density at radius 3 is 1.87 bits per heavy atom. The van der Waals surface area contributed by atoms with Crippen molar-refractivity contribution in [2.75, 3.05) is 43.9 Å². The SMILES string of the molecule is C[C@@H](O)[C@H](NC(=O)CSCC[C@H](NC(=O)[C@H](Cc1ccccc1)N(C)C(=O)[C@@H](NC(=O)[C@H](CCCCN)NC(=O)[C@@H](Cc1c[nH]c2ccccc12)NC(=O)[C@@H](N)Cc1ccc(O)cc1)[C@@H](C)O)C(=O)O)C(=O)NCC(=O)NCC(=O)N[C@@H](CS)C(N)=O. The summed E-state index contributed by atoms with van der Waals surface area (Å²) in [6.45, 7) is 1.42. The number of aromatic nitrogens is 1. The topological polar surface area (TPSA) is 462 Å². The van der Waals surface area contributed by atoms with Crippen LogP contribution in [0.1, 0.15) is 56.2 Å². The molecule has 0 bridgehead atoms. The number of aliphatic hydroxyl groups is 2. The molecule has 19 N–H and O–H groups in total. The minimum absolute atomic E-state index is 0.00870. The van der Waals surface area contributed by atoms with Crippen LogP contribution in [0, 0.1) is 0 Å². The fraction of sp³-hybridized carbons (Fsp3) is 0.456. The molecule has 4 aromatic rings. The maximum atomic E-state index is 14.6. The summed E-state index contributed by atoms with van der Waals surface area (Å²) >= 11 is 4.83. The number of hydrogen-bond donors (Lipinski definition) is 17. The van der Waals surface area contributed by atoms with Crippen LogP contribution in [0.5, 0.6) is 5.75 Å². The Balaban J connectivity index is 1.45. The smallest absolute Gasteiger partial charge is 0.326 e. The van der Waals surface area contributed by atoms with E-state index in [-0.39, 0.29) is 61.7 Å². The van der Waals surface area contributed by atoms with E-state index in [4.69, 9.17) is 17.2 Å². The van der Waals surface area contributed by atoms with E-state index in [0.717, 1.165) is 27.6 Å². The lowest BCUT2D eigenvalue weighted by atomic mass is 10.0. The average molecular weight is 1250 g/mol. The van der Waals surface area contributed by atoms with Gasteiger partial charge >= 0.3 is 5.97 Å². The van der Waals surface area contributed by atoms with Crippen molar-refractivity contribution in [2.24, 2.45) is 17.2 Å². The van der Waals surface area contributed by atoms with Gasteiger partial charge in [0.1, 0.15) is 48.0 Å². The van der Waals surface area contributed by atoms with E-state index < -0.39 is 139 Å². The molecule has 0 aliphatic rings. The van der Waals surface area contributed by atoms with Gasteiger partial charge in [-0.05, 0) is 93.1 Å². The van der Waals surface area contributed by atoms with E-state index in [1.807, 2.05) is 18.2 Å². The van der Waals surface area contributed by atoms with Gasteiger partial charge in [0.2, 0.25) is 59.1 Å². The van der Waals surface area contributed by atoms with E-state index in [0.29, 0.717) is 29.5 Å². The first-order chi connectivity index (χ1) is 41.3.